The third-order valence-corrected chi connectivity index (χ3v) is 4.09. The molecule has 1 amide bonds. The molecule has 0 fully saturated rings. The van der Waals surface area contributed by atoms with E-state index in [9.17, 15) is 36.3 Å². The van der Waals surface area contributed by atoms with Crippen molar-refractivity contribution in [2.24, 2.45) is 0 Å². The number of halogens is 5. The molecule has 11 heteroatoms. The SMILES string of the molecule is COC(=O)C(c1cc(F)ccc1F)N(C)C(=O)Cn1cccc(C(F)(F)F)c1=O. The largest absolute Gasteiger partial charge is 0.467 e. The van der Waals surface area contributed by atoms with Crippen molar-refractivity contribution in [3.05, 3.63) is 69.6 Å². The average molecular weight is 418 g/mol. The van der Waals surface area contributed by atoms with Crippen LogP contribution in [0.1, 0.15) is 17.2 Å². The van der Waals surface area contributed by atoms with Crippen molar-refractivity contribution >= 4 is 11.9 Å². The predicted molar refractivity (Wildman–Crippen MR) is 89.6 cm³/mol. The van der Waals surface area contributed by atoms with Gasteiger partial charge >= 0.3 is 12.1 Å². The molecule has 0 bridgehead atoms. The van der Waals surface area contributed by atoms with Gasteiger partial charge in [0.2, 0.25) is 5.91 Å². The van der Waals surface area contributed by atoms with E-state index in [-0.39, 0.29) is 0 Å². The van der Waals surface area contributed by atoms with Gasteiger partial charge in [-0.1, -0.05) is 0 Å². The molecule has 29 heavy (non-hydrogen) atoms. The summed E-state index contributed by atoms with van der Waals surface area (Å²) in [5, 5.41) is 0. The van der Waals surface area contributed by atoms with Gasteiger partial charge in [0.25, 0.3) is 5.56 Å². The smallest absolute Gasteiger partial charge is 0.421 e. The number of carbonyl (C=O) groups excluding carboxylic acids is 2. The number of hydrogen-bond acceptors (Lipinski definition) is 4. The normalized spacial score (nSPS) is 12.4. The van der Waals surface area contributed by atoms with Gasteiger partial charge in [0.15, 0.2) is 6.04 Å². The summed E-state index contributed by atoms with van der Waals surface area (Å²) >= 11 is 0. The van der Waals surface area contributed by atoms with Crippen molar-refractivity contribution in [1.29, 1.82) is 0 Å². The molecule has 0 N–H and O–H groups in total. The van der Waals surface area contributed by atoms with E-state index in [2.05, 4.69) is 4.74 Å². The van der Waals surface area contributed by atoms with Crippen LogP contribution < -0.4 is 5.56 Å². The third kappa shape index (κ3) is 4.79. The molecule has 1 unspecified atom stereocenters. The quantitative estimate of drug-likeness (QED) is 0.553. The number of hydrogen-bond donors (Lipinski definition) is 0. The molecule has 156 valence electrons. The molecule has 2 aromatic rings. The van der Waals surface area contributed by atoms with Gasteiger partial charge in [0, 0.05) is 18.8 Å². The fourth-order valence-corrected chi connectivity index (χ4v) is 2.61. The van der Waals surface area contributed by atoms with Gasteiger partial charge in [-0.15, -0.1) is 0 Å². The Bertz CT molecular complexity index is 987. The highest BCUT2D eigenvalue weighted by Crippen LogP contribution is 2.27. The van der Waals surface area contributed by atoms with Gasteiger partial charge in [-0.05, 0) is 30.3 Å². The second-order valence-corrected chi connectivity index (χ2v) is 5.95. The lowest BCUT2D eigenvalue weighted by Crippen LogP contribution is -2.41. The summed E-state index contributed by atoms with van der Waals surface area (Å²) in [6, 6.07) is 2.02. The molecule has 0 aliphatic heterocycles. The highest BCUT2D eigenvalue weighted by Gasteiger charge is 2.35. The monoisotopic (exact) mass is 418 g/mol. The first-order chi connectivity index (χ1) is 13.5. The standard InChI is InChI=1S/C18H15F5N2O4/c1-24(15(17(28)29-2)11-8-10(19)5-6-13(11)20)14(26)9-25-7-3-4-12(16(25)27)18(21,22)23/h3-8,15H,9H2,1-2H3. The zero-order chi connectivity index (χ0) is 21.9. The first kappa shape index (κ1) is 22.1. The molecule has 0 saturated heterocycles. The van der Waals surface area contributed by atoms with Crippen molar-refractivity contribution in [3.8, 4) is 0 Å². The van der Waals surface area contributed by atoms with Crippen LogP contribution in [0.15, 0.2) is 41.3 Å². The number of methoxy groups -OCH3 is 1. The predicted octanol–water partition coefficient (Wildman–Crippen LogP) is 2.52. The maximum Gasteiger partial charge on any atom is 0.421 e. The van der Waals surface area contributed by atoms with Gasteiger partial charge in [-0.2, -0.15) is 13.2 Å². The minimum Gasteiger partial charge on any atom is -0.467 e. The fourth-order valence-electron chi connectivity index (χ4n) is 2.61. The zero-order valence-electron chi connectivity index (χ0n) is 15.2. The molecule has 2 rings (SSSR count). The lowest BCUT2D eigenvalue weighted by atomic mass is 10.0. The summed E-state index contributed by atoms with van der Waals surface area (Å²) in [4.78, 5) is 37.3. The van der Waals surface area contributed by atoms with Crippen molar-refractivity contribution in [3.63, 3.8) is 0 Å². The maximum absolute atomic E-state index is 14.1. The molecule has 0 aliphatic rings. The number of esters is 1. The number of pyridine rings is 1. The number of rotatable bonds is 5. The number of likely N-dealkylation sites (N-methyl/N-ethyl adjacent to an activating group) is 1. The Morgan fingerprint density at radius 1 is 1.21 bits per heavy atom. The van der Waals surface area contributed by atoms with E-state index in [0.717, 1.165) is 38.6 Å². The topological polar surface area (TPSA) is 68.6 Å². The van der Waals surface area contributed by atoms with Gasteiger partial charge < -0.3 is 14.2 Å². The van der Waals surface area contributed by atoms with Crippen molar-refractivity contribution in [2.45, 2.75) is 18.8 Å². The van der Waals surface area contributed by atoms with E-state index < -0.39 is 59.0 Å². The molecule has 0 aliphatic carbocycles. The number of alkyl halides is 3. The Hall–Kier alpha value is -3.24. The van der Waals surface area contributed by atoms with E-state index in [0.29, 0.717) is 21.6 Å². The molecular weight excluding hydrogens is 403 g/mol. The van der Waals surface area contributed by atoms with Crippen LogP contribution in [0, 0.1) is 11.6 Å². The van der Waals surface area contributed by atoms with Gasteiger partial charge in [0.05, 0.1) is 7.11 Å². The van der Waals surface area contributed by atoms with Crippen LogP contribution in [-0.4, -0.2) is 35.5 Å². The number of benzene rings is 1. The summed E-state index contributed by atoms with van der Waals surface area (Å²) < 4.78 is 71.3. The molecule has 1 atom stereocenters. The molecule has 0 radical (unpaired) electrons. The minimum absolute atomic E-state index is 0.498. The van der Waals surface area contributed by atoms with E-state index in [1.54, 1.807) is 0 Å². The van der Waals surface area contributed by atoms with Crippen LogP contribution in [0.4, 0.5) is 22.0 Å². The van der Waals surface area contributed by atoms with Crippen molar-refractivity contribution < 1.29 is 36.3 Å². The third-order valence-electron chi connectivity index (χ3n) is 4.09. The van der Waals surface area contributed by atoms with Crippen LogP contribution >= 0.6 is 0 Å². The highest BCUT2D eigenvalue weighted by molar-refractivity contribution is 5.85. The fraction of sp³-hybridized carbons (Fsp3) is 0.278. The first-order valence-electron chi connectivity index (χ1n) is 8.02. The van der Waals surface area contributed by atoms with Crippen LogP contribution in [0.3, 0.4) is 0 Å². The summed E-state index contributed by atoms with van der Waals surface area (Å²) in [5.41, 5.74) is -3.45. The lowest BCUT2D eigenvalue weighted by molar-refractivity contribution is -0.152. The van der Waals surface area contributed by atoms with Crippen LogP contribution in [0.25, 0.3) is 0 Å². The summed E-state index contributed by atoms with van der Waals surface area (Å²) in [6.07, 6.45) is -3.96. The maximum atomic E-state index is 14.1. The Labute approximate surface area is 161 Å². The Balaban J connectivity index is 2.40. The molecule has 1 heterocycles. The van der Waals surface area contributed by atoms with Gasteiger partial charge in [-0.25, -0.2) is 13.6 Å². The number of amides is 1. The molecule has 1 aromatic carbocycles. The van der Waals surface area contributed by atoms with E-state index in [4.69, 9.17) is 0 Å². The number of aromatic nitrogens is 1. The first-order valence-corrected chi connectivity index (χ1v) is 8.02. The van der Waals surface area contributed by atoms with Gasteiger partial charge in [0.1, 0.15) is 23.7 Å². The van der Waals surface area contributed by atoms with Crippen LogP contribution in [0.5, 0.6) is 0 Å². The molecule has 0 spiro atoms. The summed E-state index contributed by atoms with van der Waals surface area (Å²) in [6.45, 7) is -0.871. The van der Waals surface area contributed by atoms with E-state index >= 15 is 0 Å². The van der Waals surface area contributed by atoms with Crippen LogP contribution in [-0.2, 0) is 27.0 Å². The Kier molecular flexibility index (Phi) is 6.40. The summed E-state index contributed by atoms with van der Waals surface area (Å²) in [7, 11) is 2.01. The number of carbonyl (C=O) groups is 2. The Morgan fingerprint density at radius 3 is 2.45 bits per heavy atom. The number of ether oxygens (including phenoxy) is 1. The van der Waals surface area contributed by atoms with Crippen molar-refractivity contribution in [1.82, 2.24) is 9.47 Å². The zero-order valence-corrected chi connectivity index (χ0v) is 15.2. The lowest BCUT2D eigenvalue weighted by Gasteiger charge is -2.27. The van der Waals surface area contributed by atoms with E-state index in [1.165, 1.54) is 0 Å². The number of nitrogens with zero attached hydrogens (tertiary/aromatic N) is 2. The summed E-state index contributed by atoms with van der Waals surface area (Å²) in [5.74, 6) is -4.00. The van der Waals surface area contributed by atoms with Gasteiger partial charge in [-0.3, -0.25) is 9.59 Å². The molecular formula is C18H15F5N2O4. The minimum atomic E-state index is -4.92. The van der Waals surface area contributed by atoms with Crippen molar-refractivity contribution in [2.75, 3.05) is 14.2 Å². The second kappa shape index (κ2) is 8.41. The average Bonchev–Trinajstić information content (AvgIpc) is 2.65. The molecule has 1 aromatic heterocycles. The highest BCUT2D eigenvalue weighted by atomic mass is 19.4. The molecule has 0 saturated carbocycles. The molecule has 6 nitrogen and oxygen atoms in total. The Morgan fingerprint density at radius 2 is 1.86 bits per heavy atom. The van der Waals surface area contributed by atoms with Crippen LogP contribution in [0.2, 0.25) is 0 Å². The second-order valence-electron chi connectivity index (χ2n) is 5.95. The van der Waals surface area contributed by atoms with E-state index in [1.807, 2.05) is 0 Å².